The molecule has 33 heavy (non-hydrogen) atoms. The summed E-state index contributed by atoms with van der Waals surface area (Å²) >= 11 is 0. The Hall–Kier alpha value is -4.01. The number of nitrogens with zero attached hydrogens (tertiary/aromatic N) is 2. The van der Waals surface area contributed by atoms with Crippen molar-refractivity contribution in [2.75, 3.05) is 17.2 Å². The molecule has 4 N–H and O–H groups in total. The fourth-order valence-electron chi connectivity index (χ4n) is 5.11. The molecule has 3 aromatic rings. The Balaban J connectivity index is 1.56. The number of carbonyl (C=O) groups is 1. The van der Waals surface area contributed by atoms with E-state index in [0.29, 0.717) is 46.7 Å². The number of fused-ring (bicyclic) bond motifs is 7. The van der Waals surface area contributed by atoms with Crippen molar-refractivity contribution >= 4 is 23.6 Å². The van der Waals surface area contributed by atoms with Gasteiger partial charge in [0.05, 0.1) is 18.1 Å². The summed E-state index contributed by atoms with van der Waals surface area (Å²) in [6, 6.07) is 6.86. The van der Waals surface area contributed by atoms with E-state index < -0.39 is 29.6 Å². The second kappa shape index (κ2) is 6.99. The maximum atomic E-state index is 15.0. The van der Waals surface area contributed by atoms with Crippen molar-refractivity contribution in [1.29, 1.82) is 0 Å². The van der Waals surface area contributed by atoms with Crippen LogP contribution in [0.2, 0.25) is 0 Å². The van der Waals surface area contributed by atoms with Crippen LogP contribution in [-0.4, -0.2) is 29.8 Å². The molecule has 0 aliphatic carbocycles. The van der Waals surface area contributed by atoms with Crippen LogP contribution in [0.1, 0.15) is 33.7 Å². The van der Waals surface area contributed by atoms with E-state index >= 15 is 4.39 Å². The average molecular weight is 449 g/mol. The third-order valence-corrected chi connectivity index (χ3v) is 6.56. The maximum absolute atomic E-state index is 15.0. The number of aromatic nitrogens is 1. The van der Waals surface area contributed by atoms with Gasteiger partial charge in [-0.25, -0.2) is 18.6 Å². The minimum atomic E-state index is -0.839. The van der Waals surface area contributed by atoms with Crippen LogP contribution in [-0.2, 0) is 17.8 Å². The van der Waals surface area contributed by atoms with Gasteiger partial charge in [-0.3, -0.25) is 5.41 Å². The van der Waals surface area contributed by atoms with E-state index in [1.807, 2.05) is 6.07 Å². The van der Waals surface area contributed by atoms with Gasteiger partial charge in [-0.15, -0.1) is 0 Å². The van der Waals surface area contributed by atoms with Crippen molar-refractivity contribution in [2.24, 2.45) is 0 Å². The third-order valence-electron chi connectivity index (χ3n) is 6.56. The highest BCUT2D eigenvalue weighted by atomic mass is 19.1. The molecule has 0 radical (unpaired) electrons. The van der Waals surface area contributed by atoms with Crippen LogP contribution in [0.5, 0.6) is 11.6 Å². The molecular weight excluding hydrogens is 430 g/mol. The molecule has 0 saturated carbocycles. The van der Waals surface area contributed by atoms with Crippen molar-refractivity contribution in [3.63, 3.8) is 0 Å². The average Bonchev–Trinajstić information content (AvgIpc) is 3.40. The van der Waals surface area contributed by atoms with Gasteiger partial charge in [0.1, 0.15) is 23.4 Å². The smallest absolute Gasteiger partial charge is 0.336 e. The van der Waals surface area contributed by atoms with E-state index in [1.54, 1.807) is 17.2 Å². The Kier molecular flexibility index (Phi) is 4.17. The summed E-state index contributed by atoms with van der Waals surface area (Å²) in [6.45, 7) is 0.330. The van der Waals surface area contributed by atoms with E-state index in [0.717, 1.165) is 0 Å². The van der Waals surface area contributed by atoms with E-state index in [2.05, 4.69) is 4.98 Å². The molecule has 2 aromatic carbocycles. The lowest BCUT2D eigenvalue weighted by atomic mass is 9.85. The highest BCUT2D eigenvalue weighted by Crippen LogP contribution is 2.55. The largest absolute Gasteiger partial charge is 0.492 e. The van der Waals surface area contributed by atoms with E-state index in [-0.39, 0.29) is 23.7 Å². The van der Waals surface area contributed by atoms with Crippen LogP contribution < -0.4 is 25.5 Å². The maximum Gasteiger partial charge on any atom is 0.336 e. The first-order valence-electron chi connectivity index (χ1n) is 10.5. The summed E-state index contributed by atoms with van der Waals surface area (Å²) in [4.78, 5) is 19.0. The van der Waals surface area contributed by atoms with Crippen molar-refractivity contribution in [3.05, 3.63) is 76.0 Å². The van der Waals surface area contributed by atoms with Crippen LogP contribution in [0.3, 0.4) is 0 Å². The normalized spacial score (nSPS) is 19.8. The molecule has 1 aromatic heterocycles. The van der Waals surface area contributed by atoms with Gasteiger partial charge in [0, 0.05) is 52.8 Å². The second-order valence-corrected chi connectivity index (χ2v) is 8.31. The van der Waals surface area contributed by atoms with E-state index in [1.165, 1.54) is 24.4 Å². The number of rotatable bonds is 3. The standard InChI is InChI=1S/C24H18F2N4O3/c25-15-7-17(28)11(9-27)6-12(15)10-30-18-8-16(26)13-3-5-32-22(13)20(18)19-14-2-1-4-29-23(14)33-24(31)21(19)30/h1-2,4,6-9,19,21,27H,3,5,10,28H2/p+1. The molecule has 0 fully saturated rings. The minimum Gasteiger partial charge on any atom is -0.492 e. The monoisotopic (exact) mass is 449 g/mol. The fourth-order valence-corrected chi connectivity index (χ4v) is 5.11. The number of pyridine rings is 1. The molecule has 2 atom stereocenters. The molecule has 0 spiro atoms. The zero-order chi connectivity index (χ0) is 22.9. The van der Waals surface area contributed by atoms with Crippen molar-refractivity contribution in [3.8, 4) is 11.6 Å². The fraction of sp³-hybridized carbons (Fsp3) is 0.208. The van der Waals surface area contributed by atoms with Gasteiger partial charge < -0.3 is 20.1 Å². The molecule has 166 valence electrons. The number of hydrogen-bond donors (Lipinski definition) is 2. The van der Waals surface area contributed by atoms with Crippen LogP contribution in [0, 0.1) is 11.6 Å². The Morgan fingerprint density at radius 2 is 2.12 bits per heavy atom. The predicted molar refractivity (Wildman–Crippen MR) is 115 cm³/mol. The van der Waals surface area contributed by atoms with Crippen LogP contribution in [0.4, 0.5) is 20.2 Å². The Morgan fingerprint density at radius 3 is 2.94 bits per heavy atom. The second-order valence-electron chi connectivity index (χ2n) is 8.31. The zero-order valence-corrected chi connectivity index (χ0v) is 17.3. The lowest BCUT2D eigenvalue weighted by Gasteiger charge is -2.32. The number of nitrogen functional groups attached to an aromatic ring is 1. The molecule has 0 bridgehead atoms. The summed E-state index contributed by atoms with van der Waals surface area (Å²) in [5.74, 6) is -1.34. The summed E-state index contributed by atoms with van der Waals surface area (Å²) in [7, 11) is 0. The van der Waals surface area contributed by atoms with Gasteiger partial charge in [-0.1, -0.05) is 6.07 Å². The number of esters is 1. The van der Waals surface area contributed by atoms with Crippen LogP contribution in [0.15, 0.2) is 36.5 Å². The number of hydrogen-bond acceptors (Lipinski definition) is 6. The molecule has 2 unspecified atom stereocenters. The first-order chi connectivity index (χ1) is 16.0. The molecule has 0 saturated heterocycles. The summed E-state index contributed by atoms with van der Waals surface area (Å²) < 4.78 is 41.3. The number of halogens is 2. The molecule has 6 rings (SSSR count). The number of nitrogens with two attached hydrogens (primary N) is 2. The number of anilines is 2. The number of carbonyl (C=O) groups excluding carboxylic acids is 1. The Labute approximate surface area is 187 Å². The molecule has 3 aliphatic rings. The molecule has 7 nitrogen and oxygen atoms in total. The highest BCUT2D eigenvalue weighted by molar-refractivity contribution is 5.92. The van der Waals surface area contributed by atoms with Gasteiger partial charge in [0.15, 0.2) is 6.21 Å². The minimum absolute atomic E-state index is 0.0238. The van der Waals surface area contributed by atoms with E-state index in [9.17, 15) is 9.18 Å². The molecule has 4 heterocycles. The summed E-state index contributed by atoms with van der Waals surface area (Å²) in [5, 5.41) is 5.63. The van der Waals surface area contributed by atoms with Crippen LogP contribution >= 0.6 is 0 Å². The first-order valence-corrected chi connectivity index (χ1v) is 10.5. The number of benzene rings is 2. The zero-order valence-electron chi connectivity index (χ0n) is 17.3. The van der Waals surface area contributed by atoms with E-state index in [4.69, 9.17) is 20.6 Å². The van der Waals surface area contributed by atoms with Gasteiger partial charge in [-0.05, 0) is 24.3 Å². The van der Waals surface area contributed by atoms with Crippen LogP contribution in [0.25, 0.3) is 0 Å². The third kappa shape index (κ3) is 2.75. The molecular formula is C24H19F2N4O3+. The van der Waals surface area contributed by atoms with Gasteiger partial charge >= 0.3 is 5.97 Å². The van der Waals surface area contributed by atoms with Crippen molar-refractivity contribution in [1.82, 2.24) is 4.98 Å². The highest BCUT2D eigenvalue weighted by Gasteiger charge is 2.52. The lowest BCUT2D eigenvalue weighted by Crippen LogP contribution is -2.46. The Morgan fingerprint density at radius 1 is 1.27 bits per heavy atom. The lowest BCUT2D eigenvalue weighted by molar-refractivity contribution is -0.137. The van der Waals surface area contributed by atoms with Gasteiger partial charge in [0.2, 0.25) is 5.88 Å². The van der Waals surface area contributed by atoms with Gasteiger partial charge in [-0.2, -0.15) is 0 Å². The predicted octanol–water partition coefficient (Wildman–Crippen LogP) is 1.49. The van der Waals surface area contributed by atoms with Crippen molar-refractivity contribution < 1.29 is 28.5 Å². The summed E-state index contributed by atoms with van der Waals surface area (Å²) in [5.41, 5.74) is 9.11. The Bertz CT molecular complexity index is 1360. The first kappa shape index (κ1) is 19.7. The summed E-state index contributed by atoms with van der Waals surface area (Å²) in [6.07, 6.45) is 3.27. The van der Waals surface area contributed by atoms with Crippen molar-refractivity contribution in [2.45, 2.75) is 24.9 Å². The number of ether oxygens (including phenoxy) is 2. The quantitative estimate of drug-likeness (QED) is 0.357. The molecule has 0 amide bonds. The topological polar surface area (TPSA) is 103 Å². The molecule has 3 aliphatic heterocycles. The molecule has 9 heteroatoms. The SMILES string of the molecule is Nc1cc(F)c(CN2c3cc(F)c4c(c3C3c5cccnc5OC(=O)C32)OCC4)cc1C=[NH2+]. The van der Waals surface area contributed by atoms with Gasteiger partial charge in [0.25, 0.3) is 0 Å².